The molecule has 0 unspecified atom stereocenters. The second kappa shape index (κ2) is 6.11. The molecule has 2 aliphatic rings. The van der Waals surface area contributed by atoms with Crippen molar-refractivity contribution in [3.63, 3.8) is 0 Å². The molecule has 2 aliphatic heterocycles. The summed E-state index contributed by atoms with van der Waals surface area (Å²) < 4.78 is 12.2. The molecule has 0 saturated heterocycles. The predicted octanol–water partition coefficient (Wildman–Crippen LogP) is 3.88. The molecule has 5 nitrogen and oxygen atoms in total. The van der Waals surface area contributed by atoms with Gasteiger partial charge in [0.15, 0.2) is 0 Å². The van der Waals surface area contributed by atoms with E-state index in [0.717, 1.165) is 0 Å². The van der Waals surface area contributed by atoms with Gasteiger partial charge in [-0.2, -0.15) is 0 Å². The van der Waals surface area contributed by atoms with Crippen LogP contribution in [-0.4, -0.2) is 33.3 Å². The molecule has 4 rings (SSSR count). The molecule has 2 N–H and O–H groups in total. The van der Waals surface area contributed by atoms with Crippen LogP contribution in [0.15, 0.2) is 36.4 Å². The Morgan fingerprint density at radius 3 is 2.43 bits per heavy atom. The Hall–Kier alpha value is -2.79. The van der Waals surface area contributed by atoms with Crippen LogP contribution < -0.4 is 9.47 Å². The van der Waals surface area contributed by atoms with E-state index in [4.69, 9.17) is 9.47 Å². The van der Waals surface area contributed by atoms with Crippen molar-refractivity contribution in [2.24, 2.45) is 0 Å². The summed E-state index contributed by atoms with van der Waals surface area (Å²) in [5.41, 5.74) is 0.126. The van der Waals surface area contributed by atoms with E-state index in [1.54, 1.807) is 44.2 Å². The van der Waals surface area contributed by atoms with Crippen LogP contribution in [0.2, 0.25) is 0 Å². The highest BCUT2D eigenvalue weighted by Gasteiger charge is 2.43. The molecule has 146 valence electrons. The third-order valence-electron chi connectivity index (χ3n) is 5.36. The molecule has 0 spiro atoms. The monoisotopic (exact) mass is 380 g/mol. The highest BCUT2D eigenvalue weighted by atomic mass is 16.5. The molecule has 0 bridgehead atoms. The van der Waals surface area contributed by atoms with Gasteiger partial charge >= 0.3 is 0 Å². The molecule has 0 aromatic heterocycles. The predicted molar refractivity (Wildman–Crippen MR) is 106 cm³/mol. The molecule has 0 saturated carbocycles. The van der Waals surface area contributed by atoms with Gasteiger partial charge in [-0.1, -0.05) is 30.3 Å². The summed E-state index contributed by atoms with van der Waals surface area (Å²) in [4.78, 5) is 13.3. The van der Waals surface area contributed by atoms with Gasteiger partial charge < -0.3 is 19.7 Å². The first kappa shape index (κ1) is 18.6. The molecule has 0 aliphatic carbocycles. The van der Waals surface area contributed by atoms with Crippen molar-refractivity contribution in [1.29, 1.82) is 0 Å². The van der Waals surface area contributed by atoms with Crippen molar-refractivity contribution in [3.8, 4) is 17.2 Å². The average molecular weight is 380 g/mol. The highest BCUT2D eigenvalue weighted by Crippen LogP contribution is 2.51. The summed E-state index contributed by atoms with van der Waals surface area (Å²) in [6.07, 6.45) is 3.10. The van der Waals surface area contributed by atoms with E-state index in [2.05, 4.69) is 0 Å². The van der Waals surface area contributed by atoms with Crippen molar-refractivity contribution in [1.82, 2.24) is 0 Å². The lowest BCUT2D eigenvalue weighted by atomic mass is 9.85. The van der Waals surface area contributed by atoms with Crippen LogP contribution >= 0.6 is 0 Å². The molecule has 2 heterocycles. The molecule has 28 heavy (non-hydrogen) atoms. The second-order valence-corrected chi connectivity index (χ2v) is 8.43. The van der Waals surface area contributed by atoms with Crippen LogP contribution in [0.3, 0.4) is 0 Å². The largest absolute Gasteiger partial charge is 0.506 e. The molecule has 1 atom stereocenters. The van der Waals surface area contributed by atoms with Crippen LogP contribution in [0.5, 0.6) is 17.2 Å². The number of ketones is 1. The van der Waals surface area contributed by atoms with E-state index in [1.807, 2.05) is 26.0 Å². The van der Waals surface area contributed by atoms with Crippen molar-refractivity contribution < 1.29 is 24.5 Å². The van der Waals surface area contributed by atoms with E-state index in [9.17, 15) is 15.0 Å². The topological polar surface area (TPSA) is 76.0 Å². The van der Waals surface area contributed by atoms with Gasteiger partial charge in [0.2, 0.25) is 5.78 Å². The number of aliphatic hydroxyl groups excluding tert-OH is 1. The molecular weight excluding hydrogens is 356 g/mol. The second-order valence-electron chi connectivity index (χ2n) is 8.43. The highest BCUT2D eigenvalue weighted by molar-refractivity contribution is 6.13. The molecule has 5 heteroatoms. The minimum absolute atomic E-state index is 0.105. The minimum atomic E-state index is -0.903. The Bertz CT molecular complexity index is 986. The number of phenols is 1. The minimum Gasteiger partial charge on any atom is -0.506 e. The van der Waals surface area contributed by atoms with E-state index in [0.29, 0.717) is 22.4 Å². The van der Waals surface area contributed by atoms with Gasteiger partial charge in [0.1, 0.15) is 34.0 Å². The number of carbonyl (C=O) groups is 1. The lowest BCUT2D eigenvalue weighted by Gasteiger charge is -2.40. The van der Waals surface area contributed by atoms with Crippen molar-refractivity contribution in [3.05, 3.63) is 58.7 Å². The van der Waals surface area contributed by atoms with Crippen LogP contribution in [-0.2, 0) is 6.42 Å². The number of aliphatic hydroxyl groups is 1. The first-order valence-electron chi connectivity index (χ1n) is 9.37. The number of aromatic hydroxyl groups is 1. The Morgan fingerprint density at radius 2 is 1.75 bits per heavy atom. The van der Waals surface area contributed by atoms with Gasteiger partial charge in [0.25, 0.3) is 0 Å². The summed E-state index contributed by atoms with van der Waals surface area (Å²) >= 11 is 0. The Balaban J connectivity index is 2.00. The number of phenolic OH excluding ortho intramolecular Hbond substituents is 1. The number of benzene rings is 2. The number of hydrogen-bond donors (Lipinski definition) is 2. The fourth-order valence-corrected chi connectivity index (χ4v) is 3.63. The Kier molecular flexibility index (Phi) is 4.05. The smallest absolute Gasteiger partial charge is 0.200 e. The SMILES string of the molecule is CC1(C)C=Cc2c(O)c(C(=O)c3ccccc3)c3c(c2O1)C[C@H](O)C(C)(C)O3. The zero-order valence-electron chi connectivity index (χ0n) is 16.4. The van der Waals surface area contributed by atoms with Crippen LogP contribution in [0, 0.1) is 0 Å². The van der Waals surface area contributed by atoms with E-state index in [1.165, 1.54) is 0 Å². The number of rotatable bonds is 2. The Morgan fingerprint density at radius 1 is 1.07 bits per heavy atom. The van der Waals surface area contributed by atoms with Gasteiger partial charge in [-0.25, -0.2) is 0 Å². The maximum absolute atomic E-state index is 13.3. The summed E-state index contributed by atoms with van der Waals surface area (Å²) in [5.74, 6) is 0.245. The lowest BCUT2D eigenvalue weighted by Crippen LogP contribution is -2.47. The van der Waals surface area contributed by atoms with Gasteiger partial charge in [-0.3, -0.25) is 4.79 Å². The summed E-state index contributed by atoms with van der Waals surface area (Å²) in [7, 11) is 0. The zero-order valence-corrected chi connectivity index (χ0v) is 16.4. The van der Waals surface area contributed by atoms with E-state index >= 15 is 0 Å². The third-order valence-corrected chi connectivity index (χ3v) is 5.36. The molecule has 0 radical (unpaired) electrons. The first-order chi connectivity index (χ1) is 13.1. The van der Waals surface area contributed by atoms with Crippen LogP contribution in [0.25, 0.3) is 6.08 Å². The maximum Gasteiger partial charge on any atom is 0.200 e. The van der Waals surface area contributed by atoms with E-state index in [-0.39, 0.29) is 29.3 Å². The van der Waals surface area contributed by atoms with Crippen molar-refractivity contribution >= 4 is 11.9 Å². The lowest BCUT2D eigenvalue weighted by molar-refractivity contribution is -0.0428. The van der Waals surface area contributed by atoms with Crippen LogP contribution in [0.4, 0.5) is 0 Å². The van der Waals surface area contributed by atoms with Crippen molar-refractivity contribution in [2.75, 3.05) is 0 Å². The summed E-state index contributed by atoms with van der Waals surface area (Å²) in [6.45, 7) is 7.34. The average Bonchev–Trinajstić information content (AvgIpc) is 2.63. The van der Waals surface area contributed by atoms with Gasteiger partial charge in [0.05, 0.1) is 11.7 Å². The quantitative estimate of drug-likeness (QED) is 0.774. The number of ether oxygens (including phenoxy) is 2. The summed E-state index contributed by atoms with van der Waals surface area (Å²) in [5, 5.41) is 21.6. The first-order valence-corrected chi connectivity index (χ1v) is 9.37. The number of carbonyl (C=O) groups excluding carboxylic acids is 1. The molecular formula is C23H24O5. The van der Waals surface area contributed by atoms with Gasteiger partial charge in [-0.05, 0) is 39.8 Å². The number of hydrogen-bond acceptors (Lipinski definition) is 5. The molecule has 2 aromatic carbocycles. The van der Waals surface area contributed by atoms with Crippen molar-refractivity contribution in [2.45, 2.75) is 51.4 Å². The fourth-order valence-electron chi connectivity index (χ4n) is 3.63. The number of fused-ring (bicyclic) bond motifs is 3. The molecule has 2 aromatic rings. The Labute approximate surface area is 164 Å². The maximum atomic E-state index is 13.3. The third kappa shape index (κ3) is 2.87. The fraction of sp³-hybridized carbons (Fsp3) is 0.348. The zero-order chi connectivity index (χ0) is 20.3. The van der Waals surface area contributed by atoms with Gasteiger partial charge in [0, 0.05) is 17.5 Å². The van der Waals surface area contributed by atoms with Crippen LogP contribution in [0.1, 0.15) is 54.7 Å². The normalized spacial score (nSPS) is 21.1. The molecule has 0 amide bonds. The van der Waals surface area contributed by atoms with Gasteiger partial charge in [-0.15, -0.1) is 0 Å². The summed E-state index contributed by atoms with van der Waals surface area (Å²) in [6, 6.07) is 8.77. The molecule has 0 fully saturated rings. The van der Waals surface area contributed by atoms with E-state index < -0.39 is 17.3 Å². The standard InChI is InChI=1S/C23H24O5/c1-22(2)11-10-14-19(26)17(18(25)13-8-6-5-7-9-13)21-15(20(14)27-22)12-16(24)23(3,4)28-21/h5-11,16,24,26H,12H2,1-4H3/t16-/m0/s1.